The number of esters is 1. The van der Waals surface area contributed by atoms with Gasteiger partial charge in [0, 0.05) is 12.8 Å². The lowest BCUT2D eigenvalue weighted by Gasteiger charge is -2.29. The van der Waals surface area contributed by atoms with Crippen molar-refractivity contribution in [1.29, 1.82) is 0 Å². The molecule has 0 saturated carbocycles. The molecule has 0 radical (unpaired) electrons. The number of carbonyl (C=O) groups is 3. The molecule has 2 N–H and O–H groups in total. The van der Waals surface area contributed by atoms with Gasteiger partial charge in [0.05, 0.1) is 13.1 Å². The zero-order chi connectivity index (χ0) is 17.7. The van der Waals surface area contributed by atoms with Gasteiger partial charge >= 0.3 is 13.1 Å². The Bertz CT molecular complexity index is 647. The zero-order valence-corrected chi connectivity index (χ0v) is 13.7. The summed E-state index contributed by atoms with van der Waals surface area (Å²) in [6.07, 6.45) is 1.36. The Balaban J connectivity index is 2.03. The van der Waals surface area contributed by atoms with Gasteiger partial charge in [-0.2, -0.15) is 0 Å². The smallest absolute Gasteiger partial charge is 0.534 e. The Morgan fingerprint density at radius 2 is 2.12 bits per heavy atom. The molecule has 1 aromatic rings. The maximum absolute atomic E-state index is 11.9. The van der Waals surface area contributed by atoms with Crippen molar-refractivity contribution in [3.05, 3.63) is 29.3 Å². The monoisotopic (exact) mass is 333 g/mol. The van der Waals surface area contributed by atoms with Crippen molar-refractivity contribution in [2.45, 2.75) is 38.5 Å². The standard InChI is InChI=1S/C16H20BNO6/c1-10(19)5-3-8-14(20)18-13-9-11-6-4-7-12(16(21)23-2)15(11)24-17(13)22/h4,6-7,13,22H,3,5,8-9H2,1-2H3,(H,18,20). The summed E-state index contributed by atoms with van der Waals surface area (Å²) >= 11 is 0. The number of methoxy groups -OCH3 is 1. The second kappa shape index (κ2) is 7.96. The van der Waals surface area contributed by atoms with E-state index in [9.17, 15) is 19.4 Å². The molecule has 0 saturated heterocycles. The number of benzene rings is 1. The minimum absolute atomic E-state index is 0.0353. The molecule has 1 aliphatic rings. The van der Waals surface area contributed by atoms with E-state index in [-0.39, 0.29) is 29.4 Å². The number of nitrogens with one attached hydrogen (secondary N) is 1. The topological polar surface area (TPSA) is 102 Å². The van der Waals surface area contributed by atoms with Gasteiger partial charge < -0.3 is 24.5 Å². The first kappa shape index (κ1) is 18.0. The quantitative estimate of drug-likeness (QED) is 0.586. The number of hydrogen-bond donors (Lipinski definition) is 2. The molecule has 0 bridgehead atoms. The summed E-state index contributed by atoms with van der Waals surface area (Å²) in [5.74, 6) is -1.11. The van der Waals surface area contributed by atoms with Gasteiger partial charge in [-0.1, -0.05) is 12.1 Å². The third-order valence-electron chi connectivity index (χ3n) is 3.80. The zero-order valence-electron chi connectivity index (χ0n) is 13.7. The molecule has 128 valence electrons. The summed E-state index contributed by atoms with van der Waals surface area (Å²) in [5, 5.41) is 12.8. The average Bonchev–Trinajstić information content (AvgIpc) is 2.54. The average molecular weight is 333 g/mol. The van der Waals surface area contributed by atoms with Crippen LogP contribution in [0.5, 0.6) is 5.75 Å². The molecule has 24 heavy (non-hydrogen) atoms. The molecule has 0 spiro atoms. The van der Waals surface area contributed by atoms with Crippen molar-refractivity contribution in [2.75, 3.05) is 7.11 Å². The highest BCUT2D eigenvalue weighted by Gasteiger charge is 2.37. The highest BCUT2D eigenvalue weighted by molar-refractivity contribution is 6.47. The largest absolute Gasteiger partial charge is 0.547 e. The molecule has 1 atom stereocenters. The molecule has 0 aromatic heterocycles. The second-order valence-corrected chi connectivity index (χ2v) is 5.73. The highest BCUT2D eigenvalue weighted by atomic mass is 16.5. The molecule has 1 heterocycles. The van der Waals surface area contributed by atoms with Crippen LogP contribution in [0.4, 0.5) is 0 Å². The fourth-order valence-electron chi connectivity index (χ4n) is 2.60. The fraction of sp³-hybridized carbons (Fsp3) is 0.438. The summed E-state index contributed by atoms with van der Waals surface area (Å²) < 4.78 is 10.1. The Kier molecular flexibility index (Phi) is 5.97. The number of rotatable bonds is 6. The number of hydrogen-bond acceptors (Lipinski definition) is 6. The number of ketones is 1. The molecule has 1 aromatic carbocycles. The summed E-state index contributed by atoms with van der Waals surface area (Å²) in [7, 11) is 0.00507. The minimum atomic E-state index is -1.26. The van der Waals surface area contributed by atoms with Crippen LogP contribution in [0.1, 0.15) is 42.1 Å². The Labute approximate surface area is 140 Å². The van der Waals surface area contributed by atoms with Crippen LogP contribution < -0.4 is 9.97 Å². The first-order valence-corrected chi connectivity index (χ1v) is 7.76. The summed E-state index contributed by atoms with van der Waals surface area (Å²) in [5.41, 5.74) is 0.942. The van der Waals surface area contributed by atoms with Crippen LogP contribution >= 0.6 is 0 Å². The fourth-order valence-corrected chi connectivity index (χ4v) is 2.60. The normalized spacial score (nSPS) is 16.0. The second-order valence-electron chi connectivity index (χ2n) is 5.73. The van der Waals surface area contributed by atoms with E-state index in [1.54, 1.807) is 18.2 Å². The predicted molar refractivity (Wildman–Crippen MR) is 86.5 cm³/mol. The van der Waals surface area contributed by atoms with E-state index < -0.39 is 19.0 Å². The van der Waals surface area contributed by atoms with Crippen molar-refractivity contribution < 1.29 is 28.8 Å². The lowest BCUT2D eigenvalue weighted by molar-refractivity contribution is -0.121. The van der Waals surface area contributed by atoms with Gasteiger partial charge in [0.2, 0.25) is 5.91 Å². The van der Waals surface area contributed by atoms with Crippen LogP contribution in [-0.4, -0.2) is 42.9 Å². The van der Waals surface area contributed by atoms with Gasteiger partial charge in [-0.3, -0.25) is 4.79 Å². The SMILES string of the molecule is COC(=O)c1cccc2c1OB(O)C(NC(=O)CCCC(C)=O)C2. The Hall–Kier alpha value is -2.35. The van der Waals surface area contributed by atoms with E-state index in [0.29, 0.717) is 24.8 Å². The molecule has 0 fully saturated rings. The van der Waals surface area contributed by atoms with Crippen molar-refractivity contribution in [1.82, 2.24) is 5.32 Å². The molecule has 1 unspecified atom stereocenters. The van der Waals surface area contributed by atoms with Crippen molar-refractivity contribution >= 4 is 24.8 Å². The van der Waals surface area contributed by atoms with E-state index in [4.69, 9.17) is 9.39 Å². The van der Waals surface area contributed by atoms with Crippen molar-refractivity contribution in [3.8, 4) is 5.75 Å². The summed E-state index contributed by atoms with van der Waals surface area (Å²) in [6, 6.07) is 5.01. The molecular formula is C16H20BNO6. The van der Waals surface area contributed by atoms with E-state index in [1.807, 2.05) is 0 Å². The lowest BCUT2D eigenvalue weighted by atomic mass is 9.72. The third kappa shape index (κ3) is 4.35. The van der Waals surface area contributed by atoms with Crippen LogP contribution in [0.15, 0.2) is 18.2 Å². The molecule has 0 aliphatic carbocycles. The van der Waals surface area contributed by atoms with Crippen LogP contribution in [0.3, 0.4) is 0 Å². The van der Waals surface area contributed by atoms with Gasteiger partial charge in [0.1, 0.15) is 17.1 Å². The predicted octanol–water partition coefficient (Wildman–Crippen LogP) is 0.672. The molecule has 8 heteroatoms. The summed E-state index contributed by atoms with van der Waals surface area (Å²) in [4.78, 5) is 34.5. The summed E-state index contributed by atoms with van der Waals surface area (Å²) in [6.45, 7) is 1.48. The van der Waals surface area contributed by atoms with E-state index in [1.165, 1.54) is 14.0 Å². The number of para-hydroxylation sites is 1. The highest BCUT2D eigenvalue weighted by Crippen LogP contribution is 2.30. The number of amides is 1. The van der Waals surface area contributed by atoms with Crippen LogP contribution in [-0.2, 0) is 20.7 Å². The number of ether oxygens (including phenoxy) is 1. The molecule has 2 rings (SSSR count). The Morgan fingerprint density at radius 3 is 2.79 bits per heavy atom. The van der Waals surface area contributed by atoms with E-state index in [0.717, 1.165) is 0 Å². The molecule has 1 aliphatic heterocycles. The first-order valence-electron chi connectivity index (χ1n) is 7.76. The van der Waals surface area contributed by atoms with Gasteiger partial charge in [-0.25, -0.2) is 4.79 Å². The number of fused-ring (bicyclic) bond motifs is 1. The Morgan fingerprint density at radius 1 is 1.38 bits per heavy atom. The van der Waals surface area contributed by atoms with Gasteiger partial charge in [0.15, 0.2) is 0 Å². The third-order valence-corrected chi connectivity index (χ3v) is 3.80. The molecular weight excluding hydrogens is 313 g/mol. The van der Waals surface area contributed by atoms with Gasteiger partial charge in [0.25, 0.3) is 0 Å². The lowest BCUT2D eigenvalue weighted by Crippen LogP contribution is -2.53. The van der Waals surface area contributed by atoms with Crippen LogP contribution in [0.2, 0.25) is 0 Å². The first-order chi connectivity index (χ1) is 11.4. The van der Waals surface area contributed by atoms with E-state index in [2.05, 4.69) is 5.32 Å². The van der Waals surface area contributed by atoms with Crippen molar-refractivity contribution in [2.24, 2.45) is 0 Å². The van der Waals surface area contributed by atoms with E-state index >= 15 is 0 Å². The van der Waals surface area contributed by atoms with Crippen LogP contribution in [0.25, 0.3) is 0 Å². The molecule has 1 amide bonds. The van der Waals surface area contributed by atoms with Crippen LogP contribution in [0, 0.1) is 0 Å². The minimum Gasteiger partial charge on any atom is -0.534 e. The maximum Gasteiger partial charge on any atom is 0.547 e. The number of Topliss-reactive ketones (excluding diaryl/α,β-unsaturated/α-hetero) is 1. The van der Waals surface area contributed by atoms with Gasteiger partial charge in [-0.15, -0.1) is 0 Å². The maximum atomic E-state index is 11.9. The van der Waals surface area contributed by atoms with Crippen molar-refractivity contribution in [3.63, 3.8) is 0 Å². The molecule has 7 nitrogen and oxygen atoms in total. The van der Waals surface area contributed by atoms with Gasteiger partial charge in [-0.05, 0) is 31.4 Å². The number of carbonyl (C=O) groups excluding carboxylic acids is 3.